The molecule has 0 radical (unpaired) electrons. The van der Waals surface area contributed by atoms with Gasteiger partial charge in [0.1, 0.15) is 17.5 Å². The number of anilines is 1. The van der Waals surface area contributed by atoms with Crippen LogP contribution in [0.4, 0.5) is 10.2 Å². The van der Waals surface area contributed by atoms with Crippen molar-refractivity contribution in [1.82, 2.24) is 14.9 Å². The minimum absolute atomic E-state index is 0.0559. The third-order valence-electron chi connectivity index (χ3n) is 5.40. The van der Waals surface area contributed by atoms with Crippen molar-refractivity contribution in [3.05, 3.63) is 102 Å². The van der Waals surface area contributed by atoms with Crippen molar-refractivity contribution in [2.45, 2.75) is 26.1 Å². The molecular weight excluding hydrogens is 403 g/mol. The molecule has 32 heavy (non-hydrogen) atoms. The van der Waals surface area contributed by atoms with Crippen molar-refractivity contribution in [3.63, 3.8) is 0 Å². The molecule has 1 aromatic heterocycles. The van der Waals surface area contributed by atoms with Gasteiger partial charge in [-0.2, -0.15) is 0 Å². The fourth-order valence-corrected chi connectivity index (χ4v) is 3.74. The van der Waals surface area contributed by atoms with Gasteiger partial charge in [-0.05, 0) is 42.3 Å². The molecule has 0 spiro atoms. The molecule has 4 aromatic rings. The summed E-state index contributed by atoms with van der Waals surface area (Å²) in [7, 11) is 0. The van der Waals surface area contributed by atoms with E-state index in [4.69, 9.17) is 9.97 Å². The Bertz CT molecular complexity index is 1150. The largest absolute Gasteiger partial charge is 0.395 e. The number of nitrogens with zero attached hydrogens (tertiary/aromatic N) is 3. The topological polar surface area (TPSA) is 61.3 Å². The van der Waals surface area contributed by atoms with Gasteiger partial charge < -0.3 is 10.4 Å². The van der Waals surface area contributed by atoms with Gasteiger partial charge >= 0.3 is 0 Å². The van der Waals surface area contributed by atoms with Gasteiger partial charge in [-0.25, -0.2) is 14.4 Å². The summed E-state index contributed by atoms with van der Waals surface area (Å²) in [6.45, 7) is 3.83. The second kappa shape index (κ2) is 10.3. The normalized spacial score (nSPS) is 12.2. The van der Waals surface area contributed by atoms with E-state index in [0.29, 0.717) is 25.5 Å². The van der Waals surface area contributed by atoms with Gasteiger partial charge in [-0.3, -0.25) is 4.90 Å². The highest BCUT2D eigenvalue weighted by Crippen LogP contribution is 2.25. The highest BCUT2D eigenvalue weighted by molar-refractivity contribution is 5.89. The third-order valence-corrected chi connectivity index (χ3v) is 5.40. The molecule has 0 aliphatic carbocycles. The molecule has 1 heterocycles. The minimum Gasteiger partial charge on any atom is -0.395 e. The first-order chi connectivity index (χ1) is 15.6. The second-order valence-corrected chi connectivity index (χ2v) is 7.84. The fraction of sp³-hybridized carbons (Fsp3) is 0.231. The molecule has 0 amide bonds. The highest BCUT2D eigenvalue weighted by Gasteiger charge is 2.14. The molecule has 1 unspecified atom stereocenters. The van der Waals surface area contributed by atoms with Crippen LogP contribution in [0.15, 0.2) is 78.9 Å². The fourth-order valence-electron chi connectivity index (χ4n) is 3.74. The summed E-state index contributed by atoms with van der Waals surface area (Å²) >= 11 is 0. The van der Waals surface area contributed by atoms with Crippen LogP contribution >= 0.6 is 0 Å². The van der Waals surface area contributed by atoms with Gasteiger partial charge in [0.15, 0.2) is 0 Å². The molecule has 5 nitrogen and oxygen atoms in total. The zero-order chi connectivity index (χ0) is 22.3. The van der Waals surface area contributed by atoms with E-state index >= 15 is 0 Å². The number of aliphatic hydroxyl groups excluding tert-OH is 1. The van der Waals surface area contributed by atoms with Crippen molar-refractivity contribution < 1.29 is 9.50 Å². The zero-order valence-electron chi connectivity index (χ0n) is 18.1. The van der Waals surface area contributed by atoms with Gasteiger partial charge in [0.25, 0.3) is 0 Å². The number of aromatic nitrogens is 2. The Kier molecular flexibility index (Phi) is 7.04. The van der Waals surface area contributed by atoms with E-state index in [9.17, 15) is 9.50 Å². The summed E-state index contributed by atoms with van der Waals surface area (Å²) in [6, 6.07) is 24.5. The van der Waals surface area contributed by atoms with Gasteiger partial charge in [-0.15, -0.1) is 0 Å². The predicted octanol–water partition coefficient (Wildman–Crippen LogP) is 4.94. The van der Waals surface area contributed by atoms with E-state index in [2.05, 4.69) is 22.3 Å². The molecule has 3 aromatic carbocycles. The summed E-state index contributed by atoms with van der Waals surface area (Å²) in [5.41, 5.74) is 3.00. The number of hydrogen-bond acceptors (Lipinski definition) is 5. The number of rotatable bonds is 9. The number of benzene rings is 3. The van der Waals surface area contributed by atoms with Gasteiger partial charge in [0, 0.05) is 24.5 Å². The lowest BCUT2D eigenvalue weighted by atomic mass is 10.1. The number of fused-ring (bicyclic) bond motifs is 1. The van der Waals surface area contributed by atoms with E-state index in [-0.39, 0.29) is 18.5 Å². The van der Waals surface area contributed by atoms with Crippen LogP contribution in [0.5, 0.6) is 0 Å². The predicted molar refractivity (Wildman–Crippen MR) is 126 cm³/mol. The van der Waals surface area contributed by atoms with Crippen LogP contribution in [0.25, 0.3) is 10.9 Å². The van der Waals surface area contributed by atoms with Crippen LogP contribution in [0.1, 0.15) is 29.9 Å². The first kappa shape index (κ1) is 21.9. The second-order valence-electron chi connectivity index (χ2n) is 7.84. The van der Waals surface area contributed by atoms with Crippen LogP contribution in [-0.2, 0) is 13.1 Å². The minimum atomic E-state index is -0.252. The maximum atomic E-state index is 13.3. The Hall–Kier alpha value is -3.35. The summed E-state index contributed by atoms with van der Waals surface area (Å²) in [4.78, 5) is 11.7. The van der Waals surface area contributed by atoms with E-state index in [1.807, 2.05) is 49.4 Å². The summed E-state index contributed by atoms with van der Waals surface area (Å²) in [6.07, 6.45) is 0. The van der Waals surface area contributed by atoms with Crippen molar-refractivity contribution in [2.75, 3.05) is 18.5 Å². The first-order valence-corrected chi connectivity index (χ1v) is 10.8. The number of hydrogen-bond donors (Lipinski definition) is 2. The van der Waals surface area contributed by atoms with Crippen molar-refractivity contribution in [3.8, 4) is 0 Å². The van der Waals surface area contributed by atoms with Crippen molar-refractivity contribution in [1.29, 1.82) is 0 Å². The molecule has 6 heteroatoms. The summed E-state index contributed by atoms with van der Waals surface area (Å²) < 4.78 is 13.3. The molecule has 164 valence electrons. The van der Waals surface area contributed by atoms with E-state index in [1.165, 1.54) is 17.7 Å². The average molecular weight is 431 g/mol. The zero-order valence-corrected chi connectivity index (χ0v) is 18.1. The SMILES string of the molecule is CC(Nc1nc(CN(CCO)Cc2ccccc2)nc2ccccc12)c1ccc(F)cc1. The lowest BCUT2D eigenvalue weighted by Gasteiger charge is -2.22. The molecule has 0 aliphatic heterocycles. The Labute approximate surface area is 187 Å². The third kappa shape index (κ3) is 5.46. The molecule has 0 bridgehead atoms. The van der Waals surface area contributed by atoms with Gasteiger partial charge in [0.2, 0.25) is 0 Å². The van der Waals surface area contributed by atoms with E-state index < -0.39 is 0 Å². The summed E-state index contributed by atoms with van der Waals surface area (Å²) in [5, 5.41) is 14.0. The lowest BCUT2D eigenvalue weighted by Crippen LogP contribution is -2.27. The summed E-state index contributed by atoms with van der Waals surface area (Å²) in [5.74, 6) is 1.17. The number of para-hydroxylation sites is 1. The smallest absolute Gasteiger partial charge is 0.145 e. The van der Waals surface area contributed by atoms with Crippen molar-refractivity contribution in [2.24, 2.45) is 0 Å². The van der Waals surface area contributed by atoms with E-state index in [0.717, 1.165) is 22.3 Å². The molecule has 0 saturated carbocycles. The number of nitrogens with one attached hydrogen (secondary N) is 1. The van der Waals surface area contributed by atoms with Gasteiger partial charge in [-0.1, -0.05) is 54.6 Å². The Balaban J connectivity index is 1.61. The highest BCUT2D eigenvalue weighted by atomic mass is 19.1. The van der Waals surface area contributed by atoms with Crippen LogP contribution in [0.2, 0.25) is 0 Å². The maximum absolute atomic E-state index is 13.3. The molecule has 1 atom stereocenters. The molecule has 4 rings (SSSR count). The van der Waals surface area contributed by atoms with E-state index in [1.54, 1.807) is 12.1 Å². The Morgan fingerprint density at radius 1 is 0.906 bits per heavy atom. The lowest BCUT2D eigenvalue weighted by molar-refractivity contribution is 0.181. The average Bonchev–Trinajstić information content (AvgIpc) is 2.80. The number of halogens is 1. The van der Waals surface area contributed by atoms with Crippen LogP contribution in [0, 0.1) is 5.82 Å². The Morgan fingerprint density at radius 2 is 1.62 bits per heavy atom. The molecule has 0 fully saturated rings. The van der Waals surface area contributed by atoms with Crippen LogP contribution < -0.4 is 5.32 Å². The van der Waals surface area contributed by atoms with Gasteiger partial charge in [0.05, 0.1) is 18.7 Å². The quantitative estimate of drug-likeness (QED) is 0.394. The monoisotopic (exact) mass is 430 g/mol. The van der Waals surface area contributed by atoms with Crippen LogP contribution in [-0.4, -0.2) is 33.1 Å². The maximum Gasteiger partial charge on any atom is 0.145 e. The Morgan fingerprint density at radius 3 is 2.38 bits per heavy atom. The number of aliphatic hydroxyl groups is 1. The molecule has 2 N–H and O–H groups in total. The molecule has 0 aliphatic rings. The standard InChI is InChI=1S/C26H27FN4O/c1-19(21-11-13-22(27)14-12-21)28-26-23-9-5-6-10-24(23)29-25(30-26)18-31(15-16-32)17-20-7-3-2-4-8-20/h2-14,19,32H,15-18H2,1H3,(H,28,29,30). The first-order valence-electron chi connectivity index (χ1n) is 10.8. The van der Waals surface area contributed by atoms with Crippen molar-refractivity contribution >= 4 is 16.7 Å². The molecule has 0 saturated heterocycles. The van der Waals surface area contributed by atoms with Crippen LogP contribution in [0.3, 0.4) is 0 Å². The molecular formula is C26H27FN4O.